The van der Waals surface area contributed by atoms with Crippen LogP contribution in [0, 0.1) is 3.57 Å². The van der Waals surface area contributed by atoms with Gasteiger partial charge in [-0.1, -0.05) is 12.1 Å². The molecule has 4 heteroatoms. The largest absolute Gasteiger partial charge is 0.326 e. The molecule has 0 aromatic heterocycles. The second-order valence-corrected chi connectivity index (χ2v) is 5.28. The molecule has 2 aromatic rings. The number of hydrogen-bond donors (Lipinski definition) is 1. The van der Waals surface area contributed by atoms with Crippen molar-refractivity contribution in [2.75, 3.05) is 5.32 Å². The van der Waals surface area contributed by atoms with E-state index < -0.39 is 0 Å². The molecule has 0 bridgehead atoms. The highest BCUT2D eigenvalue weighted by Gasteiger charge is 1.95. The van der Waals surface area contributed by atoms with E-state index >= 15 is 0 Å². The number of rotatable bonds is 3. The Labute approximate surface area is 125 Å². The van der Waals surface area contributed by atoms with Crippen molar-refractivity contribution < 1.29 is 4.79 Å². The first-order valence-electron chi connectivity index (χ1n) is 5.81. The Balaban J connectivity index is 2.06. The summed E-state index contributed by atoms with van der Waals surface area (Å²) in [6.45, 7) is 1.49. The fraction of sp³-hybridized carbons (Fsp3) is 0.0667. The zero-order valence-corrected chi connectivity index (χ0v) is 12.6. The number of aliphatic imine (C=N–C) groups is 1. The molecule has 0 unspecified atom stereocenters. The lowest BCUT2D eigenvalue weighted by molar-refractivity contribution is -0.114. The van der Waals surface area contributed by atoms with Gasteiger partial charge in [0, 0.05) is 22.4 Å². The first-order chi connectivity index (χ1) is 9.13. The highest BCUT2D eigenvalue weighted by molar-refractivity contribution is 14.1. The molecule has 0 aliphatic carbocycles. The average molecular weight is 364 g/mol. The second kappa shape index (κ2) is 6.47. The van der Waals surface area contributed by atoms with Gasteiger partial charge < -0.3 is 5.32 Å². The van der Waals surface area contributed by atoms with E-state index in [-0.39, 0.29) is 5.91 Å². The van der Waals surface area contributed by atoms with Gasteiger partial charge in [0.25, 0.3) is 0 Å². The molecule has 1 N–H and O–H groups in total. The van der Waals surface area contributed by atoms with E-state index in [1.165, 1.54) is 10.5 Å². The van der Waals surface area contributed by atoms with Gasteiger partial charge in [0.05, 0.1) is 5.69 Å². The van der Waals surface area contributed by atoms with Crippen molar-refractivity contribution in [2.45, 2.75) is 6.92 Å². The summed E-state index contributed by atoms with van der Waals surface area (Å²) in [7, 11) is 0. The van der Waals surface area contributed by atoms with Crippen LogP contribution in [-0.2, 0) is 4.79 Å². The quantitative estimate of drug-likeness (QED) is 0.649. The molecular formula is C15H13IN2O. The number of carbonyl (C=O) groups is 1. The number of hydrogen-bond acceptors (Lipinski definition) is 2. The Bertz CT molecular complexity index is 589. The summed E-state index contributed by atoms with van der Waals surface area (Å²) in [4.78, 5) is 15.3. The summed E-state index contributed by atoms with van der Waals surface area (Å²) in [6, 6.07) is 15.5. The minimum atomic E-state index is -0.0739. The monoisotopic (exact) mass is 364 g/mol. The fourth-order valence-corrected chi connectivity index (χ4v) is 1.89. The van der Waals surface area contributed by atoms with E-state index in [1.807, 2.05) is 54.7 Å². The molecule has 3 nitrogen and oxygen atoms in total. The van der Waals surface area contributed by atoms with Crippen LogP contribution in [0.2, 0.25) is 0 Å². The van der Waals surface area contributed by atoms with Crippen molar-refractivity contribution in [1.29, 1.82) is 0 Å². The lowest BCUT2D eigenvalue weighted by Gasteiger charge is -2.01. The van der Waals surface area contributed by atoms with Crippen LogP contribution < -0.4 is 5.32 Å². The standard InChI is InChI=1S/C15H13IN2O/c1-11(19)18-15-8-6-14(7-9-15)17-10-12-2-4-13(16)5-3-12/h2-10H,1H3,(H,18,19). The van der Waals surface area contributed by atoms with Crippen LogP contribution in [-0.4, -0.2) is 12.1 Å². The van der Waals surface area contributed by atoms with Crippen molar-refractivity contribution in [3.05, 3.63) is 57.7 Å². The fourth-order valence-electron chi connectivity index (χ4n) is 1.53. The first-order valence-corrected chi connectivity index (χ1v) is 6.89. The summed E-state index contributed by atoms with van der Waals surface area (Å²) in [5.74, 6) is -0.0739. The SMILES string of the molecule is CC(=O)Nc1ccc(N=Cc2ccc(I)cc2)cc1. The topological polar surface area (TPSA) is 41.5 Å². The van der Waals surface area contributed by atoms with Crippen LogP contribution in [0.1, 0.15) is 12.5 Å². The maximum atomic E-state index is 10.9. The zero-order chi connectivity index (χ0) is 13.7. The molecule has 0 heterocycles. The van der Waals surface area contributed by atoms with Gasteiger partial charge in [-0.15, -0.1) is 0 Å². The first kappa shape index (κ1) is 13.7. The molecule has 0 aliphatic rings. The van der Waals surface area contributed by atoms with Gasteiger partial charge in [0.1, 0.15) is 0 Å². The molecule has 2 aromatic carbocycles. The Morgan fingerprint density at radius 3 is 2.32 bits per heavy atom. The number of anilines is 1. The third kappa shape index (κ3) is 4.48. The molecule has 0 atom stereocenters. The number of carbonyl (C=O) groups excluding carboxylic acids is 1. The van der Waals surface area contributed by atoms with Crippen molar-refractivity contribution in [2.24, 2.45) is 4.99 Å². The van der Waals surface area contributed by atoms with Crippen molar-refractivity contribution in [1.82, 2.24) is 0 Å². The number of amides is 1. The van der Waals surface area contributed by atoms with E-state index in [4.69, 9.17) is 0 Å². The normalized spacial score (nSPS) is 10.6. The Hall–Kier alpha value is -1.69. The van der Waals surface area contributed by atoms with Gasteiger partial charge in [-0.05, 0) is 64.6 Å². The van der Waals surface area contributed by atoms with Gasteiger partial charge in [0.2, 0.25) is 5.91 Å². The number of halogens is 1. The van der Waals surface area contributed by atoms with Crippen LogP contribution in [0.3, 0.4) is 0 Å². The highest BCUT2D eigenvalue weighted by atomic mass is 127. The predicted octanol–water partition coefficient (Wildman–Crippen LogP) is 4.00. The molecule has 0 radical (unpaired) electrons. The van der Waals surface area contributed by atoms with E-state index in [1.54, 1.807) is 0 Å². The minimum Gasteiger partial charge on any atom is -0.326 e. The number of nitrogens with one attached hydrogen (secondary N) is 1. The molecule has 96 valence electrons. The van der Waals surface area contributed by atoms with Crippen LogP contribution in [0.4, 0.5) is 11.4 Å². The molecular weight excluding hydrogens is 351 g/mol. The van der Waals surface area contributed by atoms with Crippen molar-refractivity contribution in [3.8, 4) is 0 Å². The second-order valence-electron chi connectivity index (χ2n) is 4.04. The molecule has 1 amide bonds. The molecule has 0 spiro atoms. The zero-order valence-electron chi connectivity index (χ0n) is 10.4. The number of nitrogens with zero attached hydrogens (tertiary/aromatic N) is 1. The van der Waals surface area contributed by atoms with Crippen molar-refractivity contribution in [3.63, 3.8) is 0 Å². The Morgan fingerprint density at radius 2 is 1.74 bits per heavy atom. The molecule has 0 saturated heterocycles. The average Bonchev–Trinajstić information content (AvgIpc) is 2.39. The van der Waals surface area contributed by atoms with Crippen LogP contribution in [0.15, 0.2) is 53.5 Å². The summed E-state index contributed by atoms with van der Waals surface area (Å²) in [5.41, 5.74) is 2.69. The molecule has 2 rings (SSSR count). The number of benzene rings is 2. The molecule has 19 heavy (non-hydrogen) atoms. The van der Waals surface area contributed by atoms with E-state index in [9.17, 15) is 4.79 Å². The molecule has 0 saturated carbocycles. The lowest BCUT2D eigenvalue weighted by Crippen LogP contribution is -2.04. The van der Waals surface area contributed by atoms with Crippen LogP contribution in [0.5, 0.6) is 0 Å². The van der Waals surface area contributed by atoms with Gasteiger partial charge in [-0.2, -0.15) is 0 Å². The van der Waals surface area contributed by atoms with E-state index in [0.717, 1.165) is 16.9 Å². The third-order valence-corrected chi connectivity index (χ3v) is 3.14. The predicted molar refractivity (Wildman–Crippen MR) is 87.2 cm³/mol. The Morgan fingerprint density at radius 1 is 1.11 bits per heavy atom. The van der Waals surface area contributed by atoms with Gasteiger partial charge in [-0.25, -0.2) is 0 Å². The van der Waals surface area contributed by atoms with Crippen molar-refractivity contribution >= 4 is 46.1 Å². The highest BCUT2D eigenvalue weighted by Crippen LogP contribution is 2.16. The molecule has 0 aliphatic heterocycles. The molecule has 0 fully saturated rings. The van der Waals surface area contributed by atoms with Gasteiger partial charge >= 0.3 is 0 Å². The van der Waals surface area contributed by atoms with Gasteiger partial charge in [-0.3, -0.25) is 9.79 Å². The van der Waals surface area contributed by atoms with Crippen LogP contribution in [0.25, 0.3) is 0 Å². The van der Waals surface area contributed by atoms with E-state index in [2.05, 4.69) is 32.9 Å². The third-order valence-electron chi connectivity index (χ3n) is 2.42. The summed E-state index contributed by atoms with van der Waals surface area (Å²) >= 11 is 2.27. The Kier molecular flexibility index (Phi) is 4.68. The smallest absolute Gasteiger partial charge is 0.221 e. The summed E-state index contributed by atoms with van der Waals surface area (Å²) < 4.78 is 1.20. The van der Waals surface area contributed by atoms with Gasteiger partial charge in [0.15, 0.2) is 0 Å². The maximum Gasteiger partial charge on any atom is 0.221 e. The minimum absolute atomic E-state index is 0.0739. The lowest BCUT2D eigenvalue weighted by atomic mass is 10.2. The summed E-state index contributed by atoms with van der Waals surface area (Å²) in [6.07, 6.45) is 1.82. The van der Waals surface area contributed by atoms with Crippen LogP contribution >= 0.6 is 22.6 Å². The van der Waals surface area contributed by atoms with E-state index in [0.29, 0.717) is 0 Å². The summed E-state index contributed by atoms with van der Waals surface area (Å²) in [5, 5.41) is 2.72. The maximum absolute atomic E-state index is 10.9.